The van der Waals surface area contributed by atoms with Gasteiger partial charge in [-0.15, -0.1) is 0 Å². The number of hydrogen-bond donors (Lipinski definition) is 2. The molecule has 208 valence electrons. The number of primary amides is 1. The van der Waals surface area contributed by atoms with Crippen LogP contribution in [0.1, 0.15) is 33.0 Å². The zero-order valence-corrected chi connectivity index (χ0v) is 23.2. The molecule has 0 bridgehead atoms. The maximum absolute atomic E-state index is 11.2. The van der Waals surface area contributed by atoms with Gasteiger partial charge in [0.1, 0.15) is 21.6 Å². The summed E-state index contributed by atoms with van der Waals surface area (Å²) in [5.41, 5.74) is 6.76. The Balaban J connectivity index is 0.000000281. The van der Waals surface area contributed by atoms with Gasteiger partial charge in [-0.25, -0.2) is 15.0 Å². The monoisotopic (exact) mass is 569 g/mol. The molecule has 0 aliphatic heterocycles. The van der Waals surface area contributed by atoms with Crippen molar-refractivity contribution in [3.63, 3.8) is 0 Å². The van der Waals surface area contributed by atoms with Crippen LogP contribution in [-0.4, -0.2) is 63.3 Å². The van der Waals surface area contributed by atoms with Gasteiger partial charge in [-0.1, -0.05) is 30.1 Å². The van der Waals surface area contributed by atoms with E-state index in [4.69, 9.17) is 38.4 Å². The SMILES string of the molecule is CCOCCNc1nc(Cl)ccc1[N+](=O)[O-].CCOCCn1c(CC[C@@H](C)C(N)=O)nc2ccc(Cl)nc21. The van der Waals surface area contributed by atoms with Gasteiger partial charge in [-0.05, 0) is 38.5 Å². The van der Waals surface area contributed by atoms with Crippen LogP contribution in [0.15, 0.2) is 24.3 Å². The van der Waals surface area contributed by atoms with Crippen molar-refractivity contribution in [2.75, 3.05) is 38.3 Å². The summed E-state index contributed by atoms with van der Waals surface area (Å²) >= 11 is 11.6. The van der Waals surface area contributed by atoms with Gasteiger partial charge in [0.15, 0.2) is 5.65 Å². The number of rotatable bonds is 14. The number of fused-ring (bicyclic) bond motifs is 1. The number of hydrogen-bond acceptors (Lipinski definition) is 9. The number of ether oxygens (including phenoxy) is 2. The second kappa shape index (κ2) is 16.0. The average Bonchev–Trinajstić information content (AvgIpc) is 3.22. The molecule has 1 atom stereocenters. The first-order valence-corrected chi connectivity index (χ1v) is 12.9. The quantitative estimate of drug-likeness (QED) is 0.125. The van der Waals surface area contributed by atoms with Gasteiger partial charge in [0.25, 0.3) is 0 Å². The fourth-order valence-electron chi connectivity index (χ4n) is 3.33. The van der Waals surface area contributed by atoms with Crippen LogP contribution in [0.4, 0.5) is 11.5 Å². The van der Waals surface area contributed by atoms with Crippen LogP contribution in [0.3, 0.4) is 0 Å². The molecule has 38 heavy (non-hydrogen) atoms. The lowest BCUT2D eigenvalue weighted by atomic mass is 10.1. The van der Waals surface area contributed by atoms with Crippen molar-refractivity contribution in [1.82, 2.24) is 19.5 Å². The lowest BCUT2D eigenvalue weighted by Gasteiger charge is -2.10. The predicted molar refractivity (Wildman–Crippen MR) is 147 cm³/mol. The van der Waals surface area contributed by atoms with Crippen molar-refractivity contribution in [2.45, 2.75) is 40.2 Å². The molecule has 3 rings (SSSR count). The fourth-order valence-corrected chi connectivity index (χ4v) is 3.62. The van der Waals surface area contributed by atoms with E-state index in [1.807, 2.05) is 31.4 Å². The fraction of sp³-hybridized carbons (Fsp3) is 0.500. The number of halogens is 2. The Morgan fingerprint density at radius 3 is 2.42 bits per heavy atom. The number of anilines is 1. The summed E-state index contributed by atoms with van der Waals surface area (Å²) in [6.45, 7) is 9.05. The number of amides is 1. The standard InChI is InChI=1S/C15H21ClN4O2.C9H12ClN3O3/c1-3-22-9-8-20-13(7-4-10(2)14(17)21)18-11-5-6-12(16)19-15(11)20;1-2-16-6-5-11-9-7(13(14)15)3-4-8(10)12-9/h5-6,10H,3-4,7-9H2,1-2H3,(H2,17,21);3-4H,2,5-6H2,1H3,(H,11,12)/t10-;/m1./s1. The zero-order valence-electron chi connectivity index (χ0n) is 21.7. The second-order valence-corrected chi connectivity index (χ2v) is 8.85. The summed E-state index contributed by atoms with van der Waals surface area (Å²) in [7, 11) is 0. The molecule has 0 fully saturated rings. The number of pyridine rings is 2. The topological polar surface area (TPSA) is 160 Å². The van der Waals surface area contributed by atoms with Gasteiger partial charge < -0.3 is 25.1 Å². The van der Waals surface area contributed by atoms with Gasteiger partial charge >= 0.3 is 5.69 Å². The highest BCUT2D eigenvalue weighted by atomic mass is 35.5. The lowest BCUT2D eigenvalue weighted by molar-refractivity contribution is -0.384. The predicted octanol–water partition coefficient (Wildman–Crippen LogP) is 4.27. The largest absolute Gasteiger partial charge is 0.380 e. The number of nitrogens with one attached hydrogen (secondary N) is 1. The molecular weight excluding hydrogens is 537 g/mol. The molecule has 0 aliphatic carbocycles. The third kappa shape index (κ3) is 9.67. The lowest BCUT2D eigenvalue weighted by Crippen LogP contribution is -2.21. The van der Waals surface area contributed by atoms with Crippen LogP contribution in [0.25, 0.3) is 11.2 Å². The first kappa shape index (κ1) is 31.2. The smallest absolute Gasteiger partial charge is 0.311 e. The Morgan fingerprint density at radius 1 is 1.11 bits per heavy atom. The van der Waals surface area contributed by atoms with Crippen molar-refractivity contribution in [1.29, 1.82) is 0 Å². The summed E-state index contributed by atoms with van der Waals surface area (Å²) in [5, 5.41) is 14.1. The van der Waals surface area contributed by atoms with Gasteiger partial charge in [0, 0.05) is 44.7 Å². The van der Waals surface area contributed by atoms with E-state index in [9.17, 15) is 14.9 Å². The van der Waals surface area contributed by atoms with Gasteiger partial charge in [-0.3, -0.25) is 14.9 Å². The molecule has 12 nitrogen and oxygen atoms in total. The normalized spacial score (nSPS) is 11.6. The van der Waals surface area contributed by atoms with Crippen LogP contribution in [-0.2, 0) is 27.2 Å². The number of nitrogens with zero attached hydrogens (tertiary/aromatic N) is 5. The Labute approximate surface area is 231 Å². The van der Waals surface area contributed by atoms with Crippen LogP contribution in [0, 0.1) is 16.0 Å². The molecule has 0 aliphatic rings. The molecular formula is C24H33Cl2N7O5. The number of aromatic nitrogens is 4. The van der Waals surface area contributed by atoms with Crippen LogP contribution in [0.2, 0.25) is 10.3 Å². The van der Waals surface area contributed by atoms with Crippen LogP contribution < -0.4 is 11.1 Å². The molecule has 0 saturated carbocycles. The van der Waals surface area contributed by atoms with Crippen molar-refractivity contribution >= 4 is 51.8 Å². The maximum Gasteiger partial charge on any atom is 0.311 e. The number of nitro groups is 1. The van der Waals surface area contributed by atoms with E-state index < -0.39 is 4.92 Å². The third-order valence-electron chi connectivity index (χ3n) is 5.37. The van der Waals surface area contributed by atoms with E-state index >= 15 is 0 Å². The third-order valence-corrected chi connectivity index (χ3v) is 5.79. The molecule has 3 N–H and O–H groups in total. The molecule has 1 amide bonds. The van der Waals surface area contributed by atoms with E-state index in [2.05, 4.69) is 20.3 Å². The van der Waals surface area contributed by atoms with E-state index in [-0.39, 0.29) is 28.5 Å². The molecule has 0 unspecified atom stereocenters. The van der Waals surface area contributed by atoms with Crippen molar-refractivity contribution in [3.05, 3.63) is 50.5 Å². The molecule has 3 heterocycles. The van der Waals surface area contributed by atoms with Crippen molar-refractivity contribution < 1.29 is 19.2 Å². The Kier molecular flexibility index (Phi) is 13.1. The Hall–Kier alpha value is -3.06. The summed E-state index contributed by atoms with van der Waals surface area (Å²) in [6, 6.07) is 6.27. The maximum atomic E-state index is 11.2. The minimum atomic E-state index is -0.508. The number of nitrogens with two attached hydrogens (primary N) is 1. The molecule has 0 radical (unpaired) electrons. The highest BCUT2D eigenvalue weighted by molar-refractivity contribution is 6.30. The number of carbonyl (C=O) groups excluding carboxylic acids is 1. The van der Waals surface area contributed by atoms with E-state index in [1.165, 1.54) is 12.1 Å². The second-order valence-electron chi connectivity index (χ2n) is 8.08. The number of imidazole rings is 1. The Bertz CT molecular complexity index is 1210. The highest BCUT2D eigenvalue weighted by Crippen LogP contribution is 2.23. The summed E-state index contributed by atoms with van der Waals surface area (Å²) in [4.78, 5) is 34.1. The van der Waals surface area contributed by atoms with E-state index in [1.54, 1.807) is 6.07 Å². The summed E-state index contributed by atoms with van der Waals surface area (Å²) in [5.74, 6) is 0.560. The average molecular weight is 570 g/mol. The van der Waals surface area contributed by atoms with Crippen molar-refractivity contribution in [2.24, 2.45) is 11.7 Å². The molecule has 0 aromatic carbocycles. The van der Waals surface area contributed by atoms with Crippen LogP contribution >= 0.6 is 23.2 Å². The van der Waals surface area contributed by atoms with Crippen molar-refractivity contribution in [3.8, 4) is 0 Å². The molecule has 14 heteroatoms. The minimum absolute atomic E-state index is 0.0964. The highest BCUT2D eigenvalue weighted by Gasteiger charge is 2.16. The Morgan fingerprint density at radius 2 is 1.76 bits per heavy atom. The molecule has 0 saturated heterocycles. The summed E-state index contributed by atoms with van der Waals surface area (Å²) < 4.78 is 12.5. The summed E-state index contributed by atoms with van der Waals surface area (Å²) in [6.07, 6.45) is 1.31. The van der Waals surface area contributed by atoms with E-state index in [0.717, 1.165) is 17.0 Å². The zero-order chi connectivity index (χ0) is 28.1. The van der Waals surface area contributed by atoms with Gasteiger partial charge in [0.05, 0.1) is 18.1 Å². The first-order valence-electron chi connectivity index (χ1n) is 12.2. The molecule has 3 aromatic rings. The molecule has 3 aromatic heterocycles. The minimum Gasteiger partial charge on any atom is -0.380 e. The number of carbonyl (C=O) groups is 1. The molecule has 0 spiro atoms. The van der Waals surface area contributed by atoms with E-state index in [0.29, 0.717) is 57.5 Å². The van der Waals surface area contributed by atoms with Gasteiger partial charge in [0.2, 0.25) is 11.7 Å². The first-order chi connectivity index (χ1) is 18.2. The van der Waals surface area contributed by atoms with Crippen LogP contribution in [0.5, 0.6) is 0 Å². The number of aryl methyl sites for hydroxylation is 1. The van der Waals surface area contributed by atoms with Gasteiger partial charge in [-0.2, -0.15) is 0 Å².